The predicted molar refractivity (Wildman–Crippen MR) is 65.4 cm³/mol. The van der Waals surface area contributed by atoms with E-state index in [-0.39, 0.29) is 35.6 Å². The zero-order valence-corrected chi connectivity index (χ0v) is 10.7. The summed E-state index contributed by atoms with van der Waals surface area (Å²) >= 11 is 0. The van der Waals surface area contributed by atoms with Gasteiger partial charge in [-0.2, -0.15) is 0 Å². The zero-order valence-electron chi connectivity index (χ0n) is 10.7. The largest absolute Gasteiger partial charge is 0.493 e. The van der Waals surface area contributed by atoms with Crippen LogP contribution in [0.15, 0.2) is 17.3 Å². The predicted octanol–water partition coefficient (Wildman–Crippen LogP) is 1.12. The highest BCUT2D eigenvalue weighted by Crippen LogP contribution is 2.34. The number of carbonyl (C=O) groups is 1. The highest BCUT2D eigenvalue weighted by atomic mass is 19.1. The summed E-state index contributed by atoms with van der Waals surface area (Å²) in [5.74, 6) is -0.363. The van der Waals surface area contributed by atoms with Crippen molar-refractivity contribution < 1.29 is 28.2 Å². The number of hydrogen-bond donors (Lipinski definition) is 0. The van der Waals surface area contributed by atoms with Crippen LogP contribution in [0, 0.1) is 11.7 Å². The van der Waals surface area contributed by atoms with Crippen molar-refractivity contribution >= 4 is 12.2 Å². The molecule has 1 aromatic carbocycles. The number of oxime groups is 1. The van der Waals surface area contributed by atoms with Crippen LogP contribution in [-0.4, -0.2) is 38.6 Å². The minimum absolute atomic E-state index is 0.109. The van der Waals surface area contributed by atoms with Crippen LogP contribution < -0.4 is 9.47 Å². The van der Waals surface area contributed by atoms with Crippen molar-refractivity contribution in [1.82, 2.24) is 0 Å². The number of methoxy groups -OCH3 is 1. The number of hydrogen-bond acceptors (Lipinski definition) is 6. The Morgan fingerprint density at radius 2 is 2.25 bits per heavy atom. The van der Waals surface area contributed by atoms with E-state index in [4.69, 9.17) is 19.0 Å². The van der Waals surface area contributed by atoms with E-state index in [1.165, 1.54) is 13.2 Å². The Labute approximate surface area is 114 Å². The van der Waals surface area contributed by atoms with Crippen LogP contribution in [0.4, 0.5) is 4.39 Å². The quantitative estimate of drug-likeness (QED) is 0.774. The maximum Gasteiger partial charge on any atom is 0.298 e. The summed E-state index contributed by atoms with van der Waals surface area (Å²) in [7, 11) is 1.36. The number of ether oxygens (including phenoxy) is 3. The standard InChI is InChI=1S/C13H12FNO5/c1-17-10-3-9(14)7(2-11(10)19-6-16)13-8-4-18-5-12(8)20-15-13/h2-3,6,8,12H,4-5H2,1H3. The van der Waals surface area contributed by atoms with Gasteiger partial charge in [-0.15, -0.1) is 0 Å². The zero-order chi connectivity index (χ0) is 14.1. The van der Waals surface area contributed by atoms with Crippen molar-refractivity contribution in [1.29, 1.82) is 0 Å². The third-order valence-electron chi connectivity index (χ3n) is 3.37. The Morgan fingerprint density at radius 1 is 1.40 bits per heavy atom. The van der Waals surface area contributed by atoms with Crippen molar-refractivity contribution in [2.75, 3.05) is 20.3 Å². The molecule has 20 heavy (non-hydrogen) atoms. The lowest BCUT2D eigenvalue weighted by Gasteiger charge is -2.12. The number of nitrogens with zero attached hydrogens (tertiary/aromatic N) is 1. The lowest BCUT2D eigenvalue weighted by Crippen LogP contribution is -2.22. The Balaban J connectivity index is 2.01. The van der Waals surface area contributed by atoms with Crippen molar-refractivity contribution in [3.8, 4) is 11.5 Å². The maximum atomic E-state index is 14.2. The Kier molecular flexibility index (Phi) is 3.27. The molecule has 6 nitrogen and oxygen atoms in total. The van der Waals surface area contributed by atoms with E-state index in [2.05, 4.69) is 5.16 Å². The third-order valence-corrected chi connectivity index (χ3v) is 3.37. The molecule has 1 saturated heterocycles. The molecule has 0 radical (unpaired) electrons. The minimum Gasteiger partial charge on any atom is -0.493 e. The molecule has 0 N–H and O–H groups in total. The van der Waals surface area contributed by atoms with Crippen LogP contribution in [-0.2, 0) is 14.4 Å². The van der Waals surface area contributed by atoms with E-state index >= 15 is 0 Å². The highest BCUT2D eigenvalue weighted by Gasteiger charge is 2.41. The van der Waals surface area contributed by atoms with E-state index < -0.39 is 5.82 Å². The SMILES string of the molecule is COc1cc(F)c(C2=NOC3COCC23)cc1OC=O. The first-order valence-electron chi connectivity index (χ1n) is 6.04. The molecular formula is C13H12FNO5. The number of rotatable bonds is 4. The van der Waals surface area contributed by atoms with Gasteiger partial charge in [0.2, 0.25) is 0 Å². The van der Waals surface area contributed by atoms with Crippen LogP contribution in [0.5, 0.6) is 11.5 Å². The summed E-state index contributed by atoms with van der Waals surface area (Å²) in [6.45, 7) is 1.12. The Bertz CT molecular complexity index is 574. The summed E-state index contributed by atoms with van der Waals surface area (Å²) in [5.41, 5.74) is 0.684. The fourth-order valence-corrected chi connectivity index (χ4v) is 2.37. The summed E-state index contributed by atoms with van der Waals surface area (Å²) in [6.07, 6.45) is -0.179. The number of benzene rings is 1. The van der Waals surface area contributed by atoms with E-state index in [0.29, 0.717) is 18.9 Å². The monoisotopic (exact) mass is 281 g/mol. The van der Waals surface area contributed by atoms with Gasteiger partial charge >= 0.3 is 0 Å². The van der Waals surface area contributed by atoms with Crippen LogP contribution >= 0.6 is 0 Å². The summed E-state index contributed by atoms with van der Waals surface area (Å²) < 4.78 is 29.2. The second-order valence-electron chi connectivity index (χ2n) is 4.46. The van der Waals surface area contributed by atoms with Crippen molar-refractivity contribution in [3.63, 3.8) is 0 Å². The minimum atomic E-state index is -0.519. The van der Waals surface area contributed by atoms with Gasteiger partial charge in [-0.3, -0.25) is 4.79 Å². The van der Waals surface area contributed by atoms with Crippen LogP contribution in [0.2, 0.25) is 0 Å². The van der Waals surface area contributed by atoms with E-state index in [1.54, 1.807) is 0 Å². The van der Waals surface area contributed by atoms with E-state index in [9.17, 15) is 9.18 Å². The first-order valence-corrected chi connectivity index (χ1v) is 6.04. The van der Waals surface area contributed by atoms with Crippen LogP contribution in [0.1, 0.15) is 5.56 Å². The summed E-state index contributed by atoms with van der Waals surface area (Å²) in [5, 5.41) is 3.92. The molecule has 2 aliphatic rings. The second kappa shape index (κ2) is 5.09. The first-order chi connectivity index (χ1) is 9.74. The lowest BCUT2D eigenvalue weighted by molar-refractivity contribution is -0.120. The average Bonchev–Trinajstić information content (AvgIpc) is 3.03. The number of carbonyl (C=O) groups excluding carboxylic acids is 1. The molecule has 0 bridgehead atoms. The number of fused-ring (bicyclic) bond motifs is 1. The smallest absolute Gasteiger partial charge is 0.298 e. The highest BCUT2D eigenvalue weighted by molar-refractivity contribution is 6.04. The molecule has 2 heterocycles. The lowest BCUT2D eigenvalue weighted by atomic mass is 9.94. The molecule has 0 amide bonds. The third kappa shape index (κ3) is 2.00. The maximum absolute atomic E-state index is 14.2. The van der Waals surface area contributed by atoms with Gasteiger partial charge in [0.05, 0.1) is 32.0 Å². The van der Waals surface area contributed by atoms with E-state index in [0.717, 1.165) is 6.07 Å². The van der Waals surface area contributed by atoms with Gasteiger partial charge in [-0.25, -0.2) is 4.39 Å². The van der Waals surface area contributed by atoms with Gasteiger partial charge in [0.15, 0.2) is 17.6 Å². The van der Waals surface area contributed by atoms with Gasteiger partial charge in [0.1, 0.15) is 5.82 Å². The second-order valence-corrected chi connectivity index (χ2v) is 4.46. The van der Waals surface area contributed by atoms with Crippen LogP contribution in [0.25, 0.3) is 0 Å². The van der Waals surface area contributed by atoms with Crippen molar-refractivity contribution in [3.05, 3.63) is 23.5 Å². The molecule has 0 aromatic heterocycles. The topological polar surface area (TPSA) is 66.3 Å². The Hall–Kier alpha value is -2.15. The molecule has 3 rings (SSSR count). The molecule has 2 unspecified atom stereocenters. The molecule has 106 valence electrons. The molecule has 1 aromatic rings. The summed E-state index contributed by atoms with van der Waals surface area (Å²) in [4.78, 5) is 15.7. The average molecular weight is 281 g/mol. The van der Waals surface area contributed by atoms with Gasteiger partial charge in [0, 0.05) is 11.6 Å². The molecule has 0 aliphatic carbocycles. The van der Waals surface area contributed by atoms with E-state index in [1.807, 2.05) is 0 Å². The van der Waals surface area contributed by atoms with Gasteiger partial charge in [-0.1, -0.05) is 5.16 Å². The van der Waals surface area contributed by atoms with Crippen molar-refractivity contribution in [2.24, 2.45) is 11.1 Å². The normalized spacial score (nSPS) is 23.8. The molecule has 1 fully saturated rings. The Morgan fingerprint density at radius 3 is 3.00 bits per heavy atom. The molecule has 7 heteroatoms. The van der Waals surface area contributed by atoms with Gasteiger partial charge in [0.25, 0.3) is 6.47 Å². The van der Waals surface area contributed by atoms with Crippen LogP contribution in [0.3, 0.4) is 0 Å². The molecule has 0 saturated carbocycles. The molecule has 2 atom stereocenters. The molecule has 2 aliphatic heterocycles. The summed E-state index contributed by atoms with van der Waals surface area (Å²) in [6, 6.07) is 2.53. The number of halogens is 1. The van der Waals surface area contributed by atoms with Gasteiger partial charge < -0.3 is 19.0 Å². The molecule has 0 spiro atoms. The van der Waals surface area contributed by atoms with Gasteiger partial charge in [-0.05, 0) is 6.07 Å². The fraction of sp³-hybridized carbons (Fsp3) is 0.385. The van der Waals surface area contributed by atoms with Crippen molar-refractivity contribution in [2.45, 2.75) is 6.10 Å². The first kappa shape index (κ1) is 12.9. The fourth-order valence-electron chi connectivity index (χ4n) is 2.37. The molecular weight excluding hydrogens is 269 g/mol.